The van der Waals surface area contributed by atoms with E-state index in [0.717, 1.165) is 0 Å². The summed E-state index contributed by atoms with van der Waals surface area (Å²) < 4.78 is 33.3. The Morgan fingerprint density at radius 3 is 2.22 bits per heavy atom. The number of carbonyl (C=O) groups is 1. The number of aryl methyl sites for hydroxylation is 1. The number of amides is 1. The van der Waals surface area contributed by atoms with Crippen LogP contribution in [-0.2, 0) is 14.8 Å². The molecule has 1 amide bonds. The molecule has 0 bridgehead atoms. The Morgan fingerprint density at radius 1 is 1.07 bits per heavy atom. The molecule has 0 unspecified atom stereocenters. The van der Waals surface area contributed by atoms with Gasteiger partial charge in [-0.25, -0.2) is 8.42 Å². The molecule has 0 radical (unpaired) electrons. The van der Waals surface area contributed by atoms with E-state index in [9.17, 15) is 13.2 Å². The van der Waals surface area contributed by atoms with Crippen LogP contribution in [0.25, 0.3) is 0 Å². The Kier molecular flexibility index (Phi) is 6.15. The summed E-state index contributed by atoms with van der Waals surface area (Å²) in [6, 6.07) is 11.5. The number of nitrogens with one attached hydrogen (secondary N) is 2. The minimum absolute atomic E-state index is 0.116. The minimum Gasteiger partial charge on any atom is -0.497 e. The van der Waals surface area contributed by atoms with Gasteiger partial charge in [0.05, 0.1) is 12.0 Å². The summed E-state index contributed by atoms with van der Waals surface area (Å²) in [5, 5.41) is 2.80. The highest BCUT2D eigenvalue weighted by Gasteiger charge is 2.26. The standard InChI is InChI=1S/C20H26N2O4S/c1-6-20(3,4)19(23)21-16-8-7-14(2)18(13-16)27(24,25)22-15-9-11-17(26-5)12-10-15/h7-13,22H,6H2,1-5H3,(H,21,23). The van der Waals surface area contributed by atoms with Gasteiger partial charge in [0.1, 0.15) is 5.75 Å². The average molecular weight is 391 g/mol. The summed E-state index contributed by atoms with van der Waals surface area (Å²) >= 11 is 0. The van der Waals surface area contributed by atoms with Gasteiger partial charge in [0, 0.05) is 16.8 Å². The number of methoxy groups -OCH3 is 1. The number of carbonyl (C=O) groups excluding carboxylic acids is 1. The van der Waals surface area contributed by atoms with E-state index >= 15 is 0 Å². The van der Waals surface area contributed by atoms with Gasteiger partial charge in [-0.1, -0.05) is 26.8 Å². The number of anilines is 2. The molecule has 146 valence electrons. The fourth-order valence-corrected chi connectivity index (χ4v) is 3.63. The molecular formula is C20H26N2O4S. The number of rotatable bonds is 7. The van der Waals surface area contributed by atoms with E-state index in [1.54, 1.807) is 50.4 Å². The number of hydrogen-bond acceptors (Lipinski definition) is 4. The predicted molar refractivity (Wildman–Crippen MR) is 108 cm³/mol. The summed E-state index contributed by atoms with van der Waals surface area (Å²) in [5.41, 5.74) is 0.924. The highest BCUT2D eigenvalue weighted by molar-refractivity contribution is 7.92. The maximum atomic E-state index is 12.8. The molecule has 2 aromatic rings. The van der Waals surface area contributed by atoms with E-state index in [1.165, 1.54) is 6.07 Å². The fourth-order valence-electron chi connectivity index (χ4n) is 2.30. The lowest BCUT2D eigenvalue weighted by Crippen LogP contribution is -2.30. The minimum atomic E-state index is -3.81. The highest BCUT2D eigenvalue weighted by atomic mass is 32.2. The summed E-state index contributed by atoms with van der Waals surface area (Å²) in [7, 11) is -2.26. The molecule has 2 rings (SSSR count). The number of ether oxygens (including phenoxy) is 1. The molecular weight excluding hydrogens is 364 g/mol. The molecule has 0 aliphatic rings. The Morgan fingerprint density at radius 2 is 1.67 bits per heavy atom. The Hall–Kier alpha value is -2.54. The number of benzene rings is 2. The van der Waals surface area contributed by atoms with Crippen molar-refractivity contribution in [1.29, 1.82) is 0 Å². The molecule has 7 heteroatoms. The normalized spacial score (nSPS) is 11.7. The third kappa shape index (κ3) is 5.01. The number of sulfonamides is 1. The molecule has 0 heterocycles. The molecule has 2 N–H and O–H groups in total. The molecule has 2 aromatic carbocycles. The van der Waals surface area contributed by atoms with Crippen LogP contribution in [0.1, 0.15) is 32.8 Å². The van der Waals surface area contributed by atoms with Crippen molar-refractivity contribution in [3.63, 3.8) is 0 Å². The largest absolute Gasteiger partial charge is 0.497 e. The van der Waals surface area contributed by atoms with Crippen molar-refractivity contribution in [2.45, 2.75) is 39.0 Å². The van der Waals surface area contributed by atoms with Crippen molar-refractivity contribution in [2.75, 3.05) is 17.1 Å². The topological polar surface area (TPSA) is 84.5 Å². The maximum Gasteiger partial charge on any atom is 0.262 e. The molecule has 0 aromatic heterocycles. The molecule has 0 atom stereocenters. The third-order valence-corrected chi connectivity index (χ3v) is 6.10. The van der Waals surface area contributed by atoms with Crippen molar-refractivity contribution in [3.8, 4) is 5.75 Å². The van der Waals surface area contributed by atoms with Crippen LogP contribution in [0.15, 0.2) is 47.4 Å². The molecule has 0 spiro atoms. The molecule has 0 aliphatic heterocycles. The second kappa shape index (κ2) is 8.00. The monoisotopic (exact) mass is 390 g/mol. The van der Waals surface area contributed by atoms with Gasteiger partial charge in [-0.05, 0) is 55.3 Å². The van der Waals surface area contributed by atoms with E-state index in [-0.39, 0.29) is 10.8 Å². The zero-order valence-electron chi connectivity index (χ0n) is 16.3. The molecule has 6 nitrogen and oxygen atoms in total. The van der Waals surface area contributed by atoms with Crippen molar-refractivity contribution in [2.24, 2.45) is 5.41 Å². The summed E-state index contributed by atoms with van der Waals surface area (Å²) in [6.07, 6.45) is 0.675. The van der Waals surface area contributed by atoms with Gasteiger partial charge in [-0.2, -0.15) is 0 Å². The lowest BCUT2D eigenvalue weighted by molar-refractivity contribution is -0.124. The van der Waals surface area contributed by atoms with Gasteiger partial charge >= 0.3 is 0 Å². The lowest BCUT2D eigenvalue weighted by Gasteiger charge is -2.22. The number of hydrogen-bond donors (Lipinski definition) is 2. The first-order chi connectivity index (χ1) is 12.6. The smallest absolute Gasteiger partial charge is 0.262 e. The van der Waals surface area contributed by atoms with E-state index in [1.807, 2.05) is 20.8 Å². The Bertz CT molecular complexity index is 919. The zero-order chi connectivity index (χ0) is 20.2. The van der Waals surface area contributed by atoms with Gasteiger partial charge in [0.25, 0.3) is 10.0 Å². The maximum absolute atomic E-state index is 12.8. The summed E-state index contributed by atoms with van der Waals surface area (Å²) in [4.78, 5) is 12.5. The zero-order valence-corrected chi connectivity index (χ0v) is 17.1. The van der Waals surface area contributed by atoms with Crippen LogP contribution in [-0.4, -0.2) is 21.4 Å². The molecule has 0 aliphatic carbocycles. The second-order valence-corrected chi connectivity index (χ2v) is 8.66. The van der Waals surface area contributed by atoms with Crippen molar-refractivity contribution >= 4 is 27.3 Å². The quantitative estimate of drug-likeness (QED) is 0.743. The predicted octanol–water partition coefficient (Wildman–Crippen LogP) is 4.18. The highest BCUT2D eigenvalue weighted by Crippen LogP contribution is 2.26. The molecule has 27 heavy (non-hydrogen) atoms. The van der Waals surface area contributed by atoms with E-state index < -0.39 is 15.4 Å². The van der Waals surface area contributed by atoms with E-state index in [2.05, 4.69) is 10.0 Å². The Labute approximate surface area is 161 Å². The van der Waals surface area contributed by atoms with Crippen LogP contribution in [0.4, 0.5) is 11.4 Å². The van der Waals surface area contributed by atoms with Gasteiger partial charge in [-0.15, -0.1) is 0 Å². The van der Waals surface area contributed by atoms with E-state index in [4.69, 9.17) is 4.74 Å². The van der Waals surface area contributed by atoms with Crippen LogP contribution in [0.3, 0.4) is 0 Å². The Balaban J connectivity index is 2.29. The van der Waals surface area contributed by atoms with Gasteiger partial charge < -0.3 is 10.1 Å². The first-order valence-corrected chi connectivity index (χ1v) is 10.2. The van der Waals surface area contributed by atoms with Crippen LogP contribution < -0.4 is 14.8 Å². The van der Waals surface area contributed by atoms with Gasteiger partial charge in [0.15, 0.2) is 0 Å². The third-order valence-electron chi connectivity index (χ3n) is 4.58. The first-order valence-electron chi connectivity index (χ1n) is 8.68. The van der Waals surface area contributed by atoms with Crippen molar-refractivity contribution in [3.05, 3.63) is 48.0 Å². The van der Waals surface area contributed by atoms with Crippen LogP contribution >= 0.6 is 0 Å². The summed E-state index contributed by atoms with van der Waals surface area (Å²) in [6.45, 7) is 7.34. The molecule has 0 fully saturated rings. The van der Waals surface area contributed by atoms with E-state index in [0.29, 0.717) is 29.1 Å². The first kappa shape index (κ1) is 20.8. The lowest BCUT2D eigenvalue weighted by atomic mass is 9.89. The van der Waals surface area contributed by atoms with Crippen LogP contribution in [0, 0.1) is 12.3 Å². The molecule has 0 saturated heterocycles. The molecule has 0 saturated carbocycles. The summed E-state index contributed by atoms with van der Waals surface area (Å²) in [5.74, 6) is 0.484. The fraction of sp³-hybridized carbons (Fsp3) is 0.350. The van der Waals surface area contributed by atoms with Gasteiger partial charge in [-0.3, -0.25) is 9.52 Å². The SMILES string of the molecule is CCC(C)(C)C(=O)Nc1ccc(C)c(S(=O)(=O)Nc2ccc(OC)cc2)c1. The van der Waals surface area contributed by atoms with Crippen molar-refractivity contribution in [1.82, 2.24) is 0 Å². The van der Waals surface area contributed by atoms with Crippen LogP contribution in [0.5, 0.6) is 5.75 Å². The van der Waals surface area contributed by atoms with Crippen LogP contribution in [0.2, 0.25) is 0 Å². The van der Waals surface area contributed by atoms with Gasteiger partial charge in [0.2, 0.25) is 5.91 Å². The van der Waals surface area contributed by atoms with Crippen molar-refractivity contribution < 1.29 is 17.9 Å². The average Bonchev–Trinajstić information content (AvgIpc) is 2.63. The second-order valence-electron chi connectivity index (χ2n) is 7.01.